The molecule has 0 saturated carbocycles. The van der Waals surface area contributed by atoms with Gasteiger partial charge in [-0.15, -0.1) is 0 Å². The Hall–Kier alpha value is -0.330. The lowest BCUT2D eigenvalue weighted by atomic mass is 10.2. The third-order valence-corrected chi connectivity index (χ3v) is 5.11. The highest BCUT2D eigenvalue weighted by Crippen LogP contribution is 2.23. The van der Waals surface area contributed by atoms with Crippen molar-refractivity contribution in [3.63, 3.8) is 0 Å². The van der Waals surface area contributed by atoms with Crippen LogP contribution in [0, 0.1) is 0 Å². The van der Waals surface area contributed by atoms with Gasteiger partial charge in [-0.1, -0.05) is 29.3 Å². The summed E-state index contributed by atoms with van der Waals surface area (Å²) in [6, 6.07) is 5.09. The average molecular weight is 323 g/mol. The molecule has 0 radical (unpaired) electrons. The molecule has 0 aliphatic carbocycles. The summed E-state index contributed by atoms with van der Waals surface area (Å²) >= 11 is 11.7. The minimum Gasteiger partial charge on any atom is -0.313 e. The van der Waals surface area contributed by atoms with Crippen molar-refractivity contribution in [1.82, 2.24) is 10.0 Å². The van der Waals surface area contributed by atoms with E-state index in [9.17, 15) is 8.42 Å². The molecule has 2 rings (SSSR count). The van der Waals surface area contributed by atoms with Crippen LogP contribution >= 0.6 is 23.2 Å². The first-order chi connectivity index (χ1) is 8.96. The number of halogens is 2. The van der Waals surface area contributed by atoms with E-state index in [0.29, 0.717) is 22.2 Å². The minimum atomic E-state index is -3.34. The quantitative estimate of drug-likeness (QED) is 0.873. The molecule has 4 nitrogen and oxygen atoms in total. The van der Waals surface area contributed by atoms with Crippen molar-refractivity contribution in [1.29, 1.82) is 0 Å². The van der Waals surface area contributed by atoms with Crippen LogP contribution in [0.2, 0.25) is 10.0 Å². The largest absolute Gasteiger partial charge is 0.313 e. The SMILES string of the molecule is O=S(=O)(Cc1ccc(Cl)c(Cl)c1)NCC1CCCN1. The summed E-state index contributed by atoms with van der Waals surface area (Å²) in [5.41, 5.74) is 0.626. The predicted octanol–water partition coefficient (Wildman–Crippen LogP) is 2.16. The van der Waals surface area contributed by atoms with Crippen LogP contribution in [0.4, 0.5) is 0 Å². The Balaban J connectivity index is 1.93. The first-order valence-corrected chi connectivity index (χ1v) is 8.52. The second-order valence-corrected chi connectivity index (χ2v) is 7.27. The Morgan fingerprint density at radius 3 is 2.74 bits per heavy atom. The first-order valence-electron chi connectivity index (χ1n) is 6.11. The van der Waals surface area contributed by atoms with Crippen LogP contribution in [0.3, 0.4) is 0 Å². The van der Waals surface area contributed by atoms with Crippen molar-refractivity contribution >= 4 is 33.2 Å². The summed E-state index contributed by atoms with van der Waals surface area (Å²) in [7, 11) is -3.34. The zero-order chi connectivity index (χ0) is 13.9. The standard InChI is InChI=1S/C12H16Cl2N2O2S/c13-11-4-3-9(6-12(11)14)8-19(17,18)16-7-10-2-1-5-15-10/h3-4,6,10,15-16H,1-2,5,7-8H2. The second-order valence-electron chi connectivity index (χ2n) is 4.65. The lowest BCUT2D eigenvalue weighted by Gasteiger charge is -2.12. The highest BCUT2D eigenvalue weighted by Gasteiger charge is 2.18. The summed E-state index contributed by atoms with van der Waals surface area (Å²) in [5.74, 6) is -0.0867. The molecule has 0 amide bonds. The number of rotatable bonds is 5. The average Bonchev–Trinajstić information content (AvgIpc) is 2.84. The van der Waals surface area contributed by atoms with Gasteiger partial charge in [0.2, 0.25) is 10.0 Å². The molecule has 0 spiro atoms. The Bertz CT molecular complexity index is 543. The molecule has 106 valence electrons. The zero-order valence-corrected chi connectivity index (χ0v) is 12.7. The molecule has 1 unspecified atom stereocenters. The monoisotopic (exact) mass is 322 g/mol. The number of nitrogens with one attached hydrogen (secondary N) is 2. The zero-order valence-electron chi connectivity index (χ0n) is 10.3. The van der Waals surface area contributed by atoms with Gasteiger partial charge in [-0.2, -0.15) is 0 Å². The molecule has 0 aromatic heterocycles. The molecular weight excluding hydrogens is 307 g/mol. The fourth-order valence-corrected chi connectivity index (χ4v) is 3.55. The lowest BCUT2D eigenvalue weighted by molar-refractivity contribution is 0.551. The van der Waals surface area contributed by atoms with Gasteiger partial charge in [0, 0.05) is 12.6 Å². The predicted molar refractivity (Wildman–Crippen MR) is 78.1 cm³/mol. The van der Waals surface area contributed by atoms with Crippen LogP contribution in [0.5, 0.6) is 0 Å². The molecule has 2 N–H and O–H groups in total. The van der Waals surface area contributed by atoms with E-state index < -0.39 is 10.0 Å². The Morgan fingerprint density at radius 1 is 1.32 bits per heavy atom. The minimum absolute atomic E-state index is 0.0867. The summed E-state index contributed by atoms with van der Waals surface area (Å²) in [5, 5.41) is 4.03. The Morgan fingerprint density at radius 2 is 2.11 bits per heavy atom. The fourth-order valence-electron chi connectivity index (χ4n) is 2.06. The molecule has 7 heteroatoms. The number of hydrogen-bond acceptors (Lipinski definition) is 3. The third kappa shape index (κ3) is 4.61. The fraction of sp³-hybridized carbons (Fsp3) is 0.500. The molecule has 1 saturated heterocycles. The van der Waals surface area contributed by atoms with E-state index >= 15 is 0 Å². The van der Waals surface area contributed by atoms with E-state index in [0.717, 1.165) is 19.4 Å². The van der Waals surface area contributed by atoms with Crippen molar-refractivity contribution in [3.8, 4) is 0 Å². The van der Waals surface area contributed by atoms with Crippen LogP contribution in [-0.4, -0.2) is 27.5 Å². The maximum absolute atomic E-state index is 11.9. The summed E-state index contributed by atoms with van der Waals surface area (Å²) in [6.45, 7) is 1.39. The van der Waals surface area contributed by atoms with Crippen molar-refractivity contribution in [2.75, 3.05) is 13.1 Å². The maximum Gasteiger partial charge on any atom is 0.215 e. The third-order valence-electron chi connectivity index (χ3n) is 3.05. The Kier molecular flexibility index (Phi) is 5.09. The van der Waals surface area contributed by atoms with Crippen molar-refractivity contribution in [2.24, 2.45) is 0 Å². The molecule has 1 heterocycles. The molecular formula is C12H16Cl2N2O2S. The van der Waals surface area contributed by atoms with Gasteiger partial charge in [0.25, 0.3) is 0 Å². The number of benzene rings is 1. The smallest absolute Gasteiger partial charge is 0.215 e. The number of sulfonamides is 1. The van der Waals surface area contributed by atoms with Crippen LogP contribution in [-0.2, 0) is 15.8 Å². The van der Waals surface area contributed by atoms with Crippen LogP contribution in [0.25, 0.3) is 0 Å². The lowest BCUT2D eigenvalue weighted by Crippen LogP contribution is -2.37. The van der Waals surface area contributed by atoms with E-state index in [1.54, 1.807) is 18.2 Å². The number of hydrogen-bond donors (Lipinski definition) is 2. The van der Waals surface area contributed by atoms with Crippen molar-refractivity contribution in [2.45, 2.75) is 24.6 Å². The van der Waals surface area contributed by atoms with Gasteiger partial charge in [0.15, 0.2) is 0 Å². The van der Waals surface area contributed by atoms with E-state index in [-0.39, 0.29) is 11.8 Å². The van der Waals surface area contributed by atoms with Gasteiger partial charge in [0.05, 0.1) is 15.8 Å². The van der Waals surface area contributed by atoms with Crippen molar-refractivity contribution < 1.29 is 8.42 Å². The van der Waals surface area contributed by atoms with Crippen LogP contribution in [0.1, 0.15) is 18.4 Å². The molecule has 19 heavy (non-hydrogen) atoms. The van der Waals surface area contributed by atoms with Gasteiger partial charge in [-0.05, 0) is 37.1 Å². The molecule has 1 aliphatic rings. The molecule has 1 aliphatic heterocycles. The highest BCUT2D eigenvalue weighted by molar-refractivity contribution is 7.88. The van der Waals surface area contributed by atoms with Gasteiger partial charge in [-0.25, -0.2) is 13.1 Å². The van der Waals surface area contributed by atoms with Crippen LogP contribution < -0.4 is 10.0 Å². The van der Waals surface area contributed by atoms with E-state index in [1.807, 2.05) is 0 Å². The van der Waals surface area contributed by atoms with E-state index in [1.165, 1.54) is 0 Å². The normalized spacial score (nSPS) is 19.8. The Labute approximate surface area is 123 Å². The van der Waals surface area contributed by atoms with Crippen LogP contribution in [0.15, 0.2) is 18.2 Å². The maximum atomic E-state index is 11.9. The van der Waals surface area contributed by atoms with Gasteiger partial charge in [-0.3, -0.25) is 0 Å². The molecule has 0 bridgehead atoms. The highest BCUT2D eigenvalue weighted by atomic mass is 35.5. The molecule has 1 aromatic rings. The van der Waals surface area contributed by atoms with E-state index in [4.69, 9.17) is 23.2 Å². The van der Waals surface area contributed by atoms with Gasteiger partial charge < -0.3 is 5.32 Å². The second kappa shape index (κ2) is 6.41. The topological polar surface area (TPSA) is 58.2 Å². The van der Waals surface area contributed by atoms with Gasteiger partial charge >= 0.3 is 0 Å². The summed E-state index contributed by atoms with van der Waals surface area (Å²) in [6.07, 6.45) is 2.11. The summed E-state index contributed by atoms with van der Waals surface area (Å²) in [4.78, 5) is 0. The molecule has 1 fully saturated rings. The summed E-state index contributed by atoms with van der Waals surface area (Å²) < 4.78 is 26.5. The molecule has 1 atom stereocenters. The molecule has 1 aromatic carbocycles. The first kappa shape index (κ1) is 15.1. The van der Waals surface area contributed by atoms with E-state index in [2.05, 4.69) is 10.0 Å². The van der Waals surface area contributed by atoms with Crippen molar-refractivity contribution in [3.05, 3.63) is 33.8 Å². The van der Waals surface area contributed by atoms with Gasteiger partial charge in [0.1, 0.15) is 0 Å².